The zero-order valence-corrected chi connectivity index (χ0v) is 27.5. The molecule has 2 amide bonds. The fourth-order valence-electron chi connectivity index (χ4n) is 4.61. The molecule has 0 radical (unpaired) electrons. The van der Waals surface area contributed by atoms with Crippen LogP contribution in [-0.4, -0.2) is 56.1 Å². The van der Waals surface area contributed by atoms with Crippen molar-refractivity contribution in [2.45, 2.75) is 16.0 Å². The number of rotatable bonds is 12. The topological polar surface area (TPSA) is 128 Å². The van der Waals surface area contributed by atoms with Crippen LogP contribution in [0.25, 0.3) is 21.6 Å². The zero-order chi connectivity index (χ0) is 32.6. The van der Waals surface area contributed by atoms with Gasteiger partial charge in [-0.3, -0.25) is 14.2 Å². The number of esters is 1. The highest BCUT2D eigenvalue weighted by Gasteiger charge is 2.17. The molecule has 0 aliphatic heterocycles. The standard InChI is InChI=1S/C34H28N6O4S3/c1-44-32(43)24-12-14-25(15-13-24)35-30(42)21-46-34-37-27-17-16-26(18-28(27)47-34)36-29(41)20-45-33-39-38-31(23-10-6-3-7-11-23)40(33)19-22-8-4-2-5-9-22/h2-18H,19-21H2,1H3,(H,35,42)(H,36,41). The van der Waals surface area contributed by atoms with Crippen LogP contribution in [0.3, 0.4) is 0 Å². The van der Waals surface area contributed by atoms with Crippen molar-refractivity contribution in [2.75, 3.05) is 29.2 Å². The van der Waals surface area contributed by atoms with Crippen LogP contribution >= 0.6 is 34.9 Å². The van der Waals surface area contributed by atoms with E-state index in [1.54, 1.807) is 24.3 Å². The maximum absolute atomic E-state index is 13.0. The van der Waals surface area contributed by atoms with Gasteiger partial charge in [0, 0.05) is 16.9 Å². The molecule has 2 aromatic heterocycles. The summed E-state index contributed by atoms with van der Waals surface area (Å²) in [6.07, 6.45) is 0. The van der Waals surface area contributed by atoms with Crippen LogP contribution < -0.4 is 10.6 Å². The lowest BCUT2D eigenvalue weighted by Crippen LogP contribution is -2.14. The van der Waals surface area contributed by atoms with E-state index in [4.69, 9.17) is 4.74 Å². The van der Waals surface area contributed by atoms with Gasteiger partial charge in [0.15, 0.2) is 15.3 Å². The number of amides is 2. The van der Waals surface area contributed by atoms with Gasteiger partial charge in [-0.05, 0) is 48.0 Å². The number of thiazole rings is 1. The Morgan fingerprint density at radius 1 is 0.787 bits per heavy atom. The molecule has 13 heteroatoms. The van der Waals surface area contributed by atoms with Crippen LogP contribution in [0.15, 0.2) is 113 Å². The molecule has 0 aliphatic carbocycles. The number of nitrogens with zero attached hydrogens (tertiary/aromatic N) is 4. The molecule has 6 aromatic rings. The minimum absolute atomic E-state index is 0.157. The summed E-state index contributed by atoms with van der Waals surface area (Å²) in [5.41, 5.74) is 4.50. The third-order valence-corrected chi connectivity index (χ3v) is 9.96. The minimum atomic E-state index is -0.437. The Balaban J connectivity index is 1.05. The van der Waals surface area contributed by atoms with Crippen LogP contribution in [0, 0.1) is 0 Å². The highest BCUT2D eigenvalue weighted by atomic mass is 32.2. The van der Waals surface area contributed by atoms with Gasteiger partial charge in [-0.15, -0.1) is 21.5 Å². The summed E-state index contributed by atoms with van der Waals surface area (Å²) >= 11 is 4.11. The molecule has 6 rings (SSSR count). The molecule has 2 heterocycles. The SMILES string of the molecule is COC(=O)c1ccc(NC(=O)CSc2nc3ccc(NC(=O)CSc4nnc(-c5ccccc5)n4Cc4ccccc4)cc3s2)cc1. The smallest absolute Gasteiger partial charge is 0.337 e. The van der Waals surface area contributed by atoms with Crippen molar-refractivity contribution in [3.05, 3.63) is 114 Å². The summed E-state index contributed by atoms with van der Waals surface area (Å²) in [4.78, 5) is 41.7. The van der Waals surface area contributed by atoms with Gasteiger partial charge in [0.05, 0.1) is 40.9 Å². The van der Waals surface area contributed by atoms with E-state index >= 15 is 0 Å². The second kappa shape index (κ2) is 15.1. The first kappa shape index (κ1) is 32.0. The van der Waals surface area contributed by atoms with E-state index in [0.29, 0.717) is 28.6 Å². The van der Waals surface area contributed by atoms with Gasteiger partial charge in [0.2, 0.25) is 11.8 Å². The van der Waals surface area contributed by atoms with Crippen molar-refractivity contribution in [1.82, 2.24) is 19.7 Å². The van der Waals surface area contributed by atoms with Gasteiger partial charge < -0.3 is 15.4 Å². The number of thioether (sulfide) groups is 2. The summed E-state index contributed by atoms with van der Waals surface area (Å²) in [5.74, 6) is 0.271. The maximum Gasteiger partial charge on any atom is 0.337 e. The van der Waals surface area contributed by atoms with E-state index in [9.17, 15) is 14.4 Å². The lowest BCUT2D eigenvalue weighted by atomic mass is 10.2. The number of benzene rings is 4. The quantitative estimate of drug-likeness (QED) is 0.105. The number of ether oxygens (including phenoxy) is 1. The maximum atomic E-state index is 13.0. The predicted molar refractivity (Wildman–Crippen MR) is 187 cm³/mol. The number of hydrogen-bond donors (Lipinski definition) is 2. The van der Waals surface area contributed by atoms with E-state index < -0.39 is 5.97 Å². The van der Waals surface area contributed by atoms with Gasteiger partial charge in [-0.25, -0.2) is 9.78 Å². The fraction of sp³-hybridized carbons (Fsp3) is 0.118. The highest BCUT2D eigenvalue weighted by Crippen LogP contribution is 2.32. The summed E-state index contributed by atoms with van der Waals surface area (Å²) in [7, 11) is 1.32. The molecular weight excluding hydrogens is 653 g/mol. The Labute approximate surface area is 283 Å². The third kappa shape index (κ3) is 8.25. The number of fused-ring (bicyclic) bond motifs is 1. The minimum Gasteiger partial charge on any atom is -0.465 e. The fourth-order valence-corrected chi connectivity index (χ4v) is 7.25. The number of carbonyl (C=O) groups excluding carboxylic acids is 3. The second-order valence-electron chi connectivity index (χ2n) is 10.1. The van der Waals surface area contributed by atoms with Crippen molar-refractivity contribution in [1.29, 1.82) is 0 Å². The van der Waals surface area contributed by atoms with Gasteiger partial charge in [0.25, 0.3) is 0 Å². The van der Waals surface area contributed by atoms with Crippen molar-refractivity contribution < 1.29 is 19.1 Å². The number of carbonyl (C=O) groups is 3. The van der Waals surface area contributed by atoms with E-state index in [-0.39, 0.29) is 23.3 Å². The first-order valence-electron chi connectivity index (χ1n) is 14.4. The molecular formula is C34H28N6O4S3. The Hall–Kier alpha value is -4.98. The molecule has 0 unspecified atom stereocenters. The first-order valence-corrected chi connectivity index (χ1v) is 17.2. The molecule has 0 spiro atoms. The molecule has 4 aromatic carbocycles. The van der Waals surface area contributed by atoms with Crippen LogP contribution in [0.1, 0.15) is 15.9 Å². The van der Waals surface area contributed by atoms with Crippen molar-refractivity contribution in [3.8, 4) is 11.4 Å². The van der Waals surface area contributed by atoms with E-state index in [1.807, 2.05) is 71.3 Å². The van der Waals surface area contributed by atoms with Gasteiger partial charge >= 0.3 is 5.97 Å². The van der Waals surface area contributed by atoms with Gasteiger partial charge in [-0.2, -0.15) is 0 Å². The summed E-state index contributed by atoms with van der Waals surface area (Å²) in [5, 5.41) is 15.3. The average Bonchev–Trinajstić information content (AvgIpc) is 3.70. The lowest BCUT2D eigenvalue weighted by Gasteiger charge is -2.11. The number of nitrogens with one attached hydrogen (secondary N) is 2. The average molecular weight is 681 g/mol. The van der Waals surface area contributed by atoms with Crippen LogP contribution in [-0.2, 0) is 20.9 Å². The largest absolute Gasteiger partial charge is 0.465 e. The molecule has 47 heavy (non-hydrogen) atoms. The molecule has 0 atom stereocenters. The van der Waals surface area contributed by atoms with E-state index in [2.05, 4.69) is 37.9 Å². The molecule has 0 saturated carbocycles. The van der Waals surface area contributed by atoms with Crippen LogP contribution in [0.4, 0.5) is 11.4 Å². The first-order chi connectivity index (χ1) is 22.9. The molecule has 0 saturated heterocycles. The number of aromatic nitrogens is 4. The Morgan fingerprint density at radius 3 is 2.17 bits per heavy atom. The number of anilines is 2. The monoisotopic (exact) mass is 680 g/mol. The van der Waals surface area contributed by atoms with Gasteiger partial charge in [0.1, 0.15) is 0 Å². The van der Waals surface area contributed by atoms with Crippen LogP contribution in [0.2, 0.25) is 0 Å². The predicted octanol–water partition coefficient (Wildman–Crippen LogP) is 6.85. The Morgan fingerprint density at radius 2 is 1.45 bits per heavy atom. The van der Waals surface area contributed by atoms with Crippen molar-refractivity contribution in [2.24, 2.45) is 0 Å². The second-order valence-corrected chi connectivity index (χ2v) is 13.3. The molecule has 10 nitrogen and oxygen atoms in total. The van der Waals surface area contributed by atoms with Crippen LogP contribution in [0.5, 0.6) is 0 Å². The molecule has 0 aliphatic rings. The van der Waals surface area contributed by atoms with E-state index in [0.717, 1.165) is 31.5 Å². The molecule has 236 valence electrons. The summed E-state index contributed by atoms with van der Waals surface area (Å²) in [6, 6.07) is 32.0. The summed E-state index contributed by atoms with van der Waals surface area (Å²) in [6.45, 7) is 0.580. The normalized spacial score (nSPS) is 10.9. The number of methoxy groups -OCH3 is 1. The Kier molecular flexibility index (Phi) is 10.3. The Bertz CT molecular complexity index is 2010. The molecule has 0 fully saturated rings. The highest BCUT2D eigenvalue weighted by molar-refractivity contribution is 8.01. The van der Waals surface area contributed by atoms with E-state index in [1.165, 1.54) is 42.0 Å². The molecule has 0 bridgehead atoms. The van der Waals surface area contributed by atoms with Crippen molar-refractivity contribution >= 4 is 74.2 Å². The summed E-state index contributed by atoms with van der Waals surface area (Å²) < 4.78 is 8.36. The van der Waals surface area contributed by atoms with Gasteiger partial charge in [-0.1, -0.05) is 84.2 Å². The van der Waals surface area contributed by atoms with Crippen molar-refractivity contribution in [3.63, 3.8) is 0 Å². The lowest BCUT2D eigenvalue weighted by molar-refractivity contribution is -0.114. The zero-order valence-electron chi connectivity index (χ0n) is 25.1. The molecule has 2 N–H and O–H groups in total. The third-order valence-electron chi connectivity index (χ3n) is 6.83. The number of hydrogen-bond acceptors (Lipinski definition) is 10.